The third kappa shape index (κ3) is 6.35. The van der Waals surface area contributed by atoms with E-state index in [1.165, 1.54) is 0 Å². The molecular weight excluding hydrogens is 466 g/mol. The molecule has 0 spiro atoms. The van der Waals surface area contributed by atoms with Gasteiger partial charge in [0.05, 0.1) is 18.4 Å². The number of carbonyl (C=O) groups is 3. The Bertz CT molecular complexity index is 1350. The number of hydrogen-bond donors (Lipinski definition) is 2. The molecule has 2 amide bonds. The molecule has 0 radical (unpaired) electrons. The van der Waals surface area contributed by atoms with Crippen LogP contribution in [0.4, 0.5) is 0 Å². The Morgan fingerprint density at radius 2 is 1.57 bits per heavy atom. The highest BCUT2D eigenvalue weighted by Gasteiger charge is 2.35. The lowest BCUT2D eigenvalue weighted by molar-refractivity contribution is -0.141. The summed E-state index contributed by atoms with van der Waals surface area (Å²) >= 11 is 0. The third-order valence-corrected chi connectivity index (χ3v) is 6.10. The van der Waals surface area contributed by atoms with Crippen LogP contribution in [-0.2, 0) is 32.9 Å². The fraction of sp³-hybridized carbons (Fsp3) is 0.207. The summed E-state index contributed by atoms with van der Waals surface area (Å²) in [6, 6.07) is 23.3. The van der Waals surface area contributed by atoms with Gasteiger partial charge in [-0.1, -0.05) is 66.7 Å². The van der Waals surface area contributed by atoms with Crippen molar-refractivity contribution in [2.24, 2.45) is 0 Å². The molecule has 0 bridgehead atoms. The molecule has 2 N–H and O–H groups in total. The highest BCUT2D eigenvalue weighted by atomic mass is 16.2. The minimum atomic E-state index is -1.12. The summed E-state index contributed by atoms with van der Waals surface area (Å²) < 4.78 is 1.57. The summed E-state index contributed by atoms with van der Waals surface area (Å²) in [7, 11) is 0. The predicted molar refractivity (Wildman–Crippen MR) is 140 cm³/mol. The molecular formula is C29H29N5O3. The molecule has 8 heteroatoms. The van der Waals surface area contributed by atoms with Gasteiger partial charge in [-0.05, 0) is 37.1 Å². The Kier molecular flexibility index (Phi) is 7.88. The maximum atomic E-state index is 13.5. The average Bonchev–Trinajstić information content (AvgIpc) is 3.44. The van der Waals surface area contributed by atoms with Crippen LogP contribution in [-0.4, -0.2) is 38.4 Å². The van der Waals surface area contributed by atoms with Gasteiger partial charge in [-0.25, -0.2) is 0 Å². The minimum absolute atomic E-state index is 0.110. The minimum Gasteiger partial charge on any atom is -0.344 e. The number of nitrogens with one attached hydrogen (secondary N) is 2. The van der Waals surface area contributed by atoms with Gasteiger partial charge in [-0.3, -0.25) is 24.0 Å². The van der Waals surface area contributed by atoms with Crippen molar-refractivity contribution in [2.75, 3.05) is 0 Å². The maximum Gasteiger partial charge on any atom is 0.289 e. The SMILES string of the molecule is CC(C)(C(=O)N[C@H](Cc1ccccc1)C(=O)C(=O)NCc1ccccn1)n1cc(-c2ccccc2)cn1. The Hall–Kier alpha value is -4.59. The number of hydrogen-bond acceptors (Lipinski definition) is 5. The Labute approximate surface area is 215 Å². The first-order valence-corrected chi connectivity index (χ1v) is 12.0. The zero-order valence-electron chi connectivity index (χ0n) is 20.8. The molecule has 2 heterocycles. The van der Waals surface area contributed by atoms with Crippen molar-refractivity contribution >= 4 is 17.6 Å². The van der Waals surface area contributed by atoms with Gasteiger partial charge in [0.25, 0.3) is 5.91 Å². The van der Waals surface area contributed by atoms with E-state index < -0.39 is 29.2 Å². The van der Waals surface area contributed by atoms with Gasteiger partial charge in [-0.15, -0.1) is 0 Å². The molecule has 0 saturated carbocycles. The standard InChI is InChI=1S/C29H29N5O3/c1-29(2,34-20-23(18-32-34)22-13-7-4-8-14-22)28(37)33-25(17-21-11-5-3-6-12-21)26(35)27(36)31-19-24-15-9-10-16-30-24/h3-16,18,20,25H,17,19H2,1-2H3,(H,31,36)(H,33,37)/t25-/m1/s1. The molecule has 2 aromatic heterocycles. The van der Waals surface area contributed by atoms with Crippen molar-refractivity contribution in [1.29, 1.82) is 0 Å². The van der Waals surface area contributed by atoms with Gasteiger partial charge < -0.3 is 10.6 Å². The first kappa shape index (κ1) is 25.5. The lowest BCUT2D eigenvalue weighted by Gasteiger charge is -2.27. The van der Waals surface area contributed by atoms with Crippen LogP contribution >= 0.6 is 0 Å². The molecule has 4 rings (SSSR count). The normalized spacial score (nSPS) is 11.9. The molecule has 0 aliphatic heterocycles. The van der Waals surface area contributed by atoms with Crippen LogP contribution in [0.3, 0.4) is 0 Å². The van der Waals surface area contributed by atoms with E-state index in [0.717, 1.165) is 16.7 Å². The Morgan fingerprint density at radius 1 is 0.892 bits per heavy atom. The van der Waals surface area contributed by atoms with E-state index in [9.17, 15) is 14.4 Å². The molecule has 37 heavy (non-hydrogen) atoms. The van der Waals surface area contributed by atoms with E-state index in [2.05, 4.69) is 20.7 Å². The number of nitrogens with zero attached hydrogens (tertiary/aromatic N) is 3. The average molecular weight is 496 g/mol. The highest BCUT2D eigenvalue weighted by molar-refractivity contribution is 6.38. The van der Waals surface area contributed by atoms with Crippen LogP contribution in [0.15, 0.2) is 97.5 Å². The van der Waals surface area contributed by atoms with Crippen molar-refractivity contribution < 1.29 is 14.4 Å². The number of amides is 2. The summed E-state index contributed by atoms with van der Waals surface area (Å²) in [6.45, 7) is 3.54. The number of carbonyl (C=O) groups excluding carboxylic acids is 3. The van der Waals surface area contributed by atoms with E-state index in [4.69, 9.17) is 0 Å². The molecule has 0 fully saturated rings. The predicted octanol–water partition coefficient (Wildman–Crippen LogP) is 3.29. The summed E-state index contributed by atoms with van der Waals surface area (Å²) in [6.07, 6.45) is 5.28. The number of benzene rings is 2. The number of ketones is 1. The lowest BCUT2D eigenvalue weighted by Crippen LogP contribution is -2.54. The summed E-state index contributed by atoms with van der Waals surface area (Å²) in [5.74, 6) is -1.94. The van der Waals surface area contributed by atoms with Crippen LogP contribution in [0.5, 0.6) is 0 Å². The quantitative estimate of drug-likeness (QED) is 0.329. The van der Waals surface area contributed by atoms with E-state index in [1.54, 1.807) is 55.3 Å². The van der Waals surface area contributed by atoms with E-state index in [1.807, 2.05) is 60.7 Å². The molecule has 4 aromatic rings. The highest BCUT2D eigenvalue weighted by Crippen LogP contribution is 2.22. The van der Waals surface area contributed by atoms with Crippen molar-refractivity contribution in [3.8, 4) is 11.1 Å². The van der Waals surface area contributed by atoms with Crippen LogP contribution in [0.1, 0.15) is 25.1 Å². The fourth-order valence-electron chi connectivity index (χ4n) is 3.83. The Morgan fingerprint density at radius 3 is 2.24 bits per heavy atom. The second-order valence-electron chi connectivity index (χ2n) is 9.18. The molecule has 8 nitrogen and oxygen atoms in total. The summed E-state index contributed by atoms with van der Waals surface area (Å²) in [5.41, 5.74) is 2.18. The summed E-state index contributed by atoms with van der Waals surface area (Å²) in [4.78, 5) is 43.5. The second kappa shape index (κ2) is 11.4. The van der Waals surface area contributed by atoms with E-state index in [0.29, 0.717) is 5.69 Å². The third-order valence-electron chi connectivity index (χ3n) is 6.10. The van der Waals surface area contributed by atoms with E-state index in [-0.39, 0.29) is 13.0 Å². The first-order valence-electron chi connectivity index (χ1n) is 12.0. The molecule has 1 atom stereocenters. The van der Waals surface area contributed by atoms with Gasteiger partial charge in [-0.2, -0.15) is 5.10 Å². The number of Topliss-reactive ketones (excluding diaryl/α,β-unsaturated/α-hetero) is 1. The van der Waals surface area contributed by atoms with E-state index >= 15 is 0 Å². The largest absolute Gasteiger partial charge is 0.344 e. The molecule has 0 saturated heterocycles. The fourth-order valence-corrected chi connectivity index (χ4v) is 3.83. The smallest absolute Gasteiger partial charge is 0.289 e. The zero-order valence-corrected chi connectivity index (χ0v) is 20.8. The van der Waals surface area contributed by atoms with Crippen molar-refractivity contribution in [3.05, 3.63) is 109 Å². The first-order chi connectivity index (χ1) is 17.8. The van der Waals surface area contributed by atoms with Crippen LogP contribution < -0.4 is 10.6 Å². The zero-order chi connectivity index (χ0) is 26.3. The topological polar surface area (TPSA) is 106 Å². The lowest BCUT2D eigenvalue weighted by atomic mass is 9.98. The molecule has 0 aliphatic carbocycles. The van der Waals surface area contributed by atoms with Crippen LogP contribution in [0, 0.1) is 0 Å². The Balaban J connectivity index is 1.50. The molecule has 188 valence electrons. The molecule has 2 aromatic carbocycles. The number of aromatic nitrogens is 3. The maximum absolute atomic E-state index is 13.5. The van der Waals surface area contributed by atoms with Gasteiger partial charge >= 0.3 is 0 Å². The number of rotatable bonds is 10. The van der Waals surface area contributed by atoms with Gasteiger partial charge in [0.1, 0.15) is 11.6 Å². The van der Waals surface area contributed by atoms with Crippen molar-refractivity contribution in [2.45, 2.75) is 38.4 Å². The van der Waals surface area contributed by atoms with Gasteiger partial charge in [0.15, 0.2) is 0 Å². The van der Waals surface area contributed by atoms with Crippen molar-refractivity contribution in [1.82, 2.24) is 25.4 Å². The van der Waals surface area contributed by atoms with Crippen LogP contribution in [0.2, 0.25) is 0 Å². The molecule has 0 unspecified atom stereocenters. The molecule has 0 aliphatic rings. The monoisotopic (exact) mass is 495 g/mol. The second-order valence-corrected chi connectivity index (χ2v) is 9.18. The van der Waals surface area contributed by atoms with Gasteiger partial charge in [0, 0.05) is 24.4 Å². The van der Waals surface area contributed by atoms with Gasteiger partial charge in [0.2, 0.25) is 11.7 Å². The van der Waals surface area contributed by atoms with Crippen LogP contribution in [0.25, 0.3) is 11.1 Å². The number of pyridine rings is 1. The summed E-state index contributed by atoms with van der Waals surface area (Å²) in [5, 5.41) is 9.82. The van der Waals surface area contributed by atoms with Crippen molar-refractivity contribution in [3.63, 3.8) is 0 Å².